The molecule has 0 aromatic heterocycles. The first-order valence-corrected chi connectivity index (χ1v) is 8.29. The smallest absolute Gasteiger partial charge is 0.172 e. The molecule has 0 aliphatic carbocycles. The molecule has 0 saturated heterocycles. The van der Waals surface area contributed by atoms with Crippen LogP contribution in [0.3, 0.4) is 0 Å². The maximum atomic E-state index is 6.29. The third-order valence-corrected chi connectivity index (χ3v) is 3.98. The summed E-state index contributed by atoms with van der Waals surface area (Å²) >= 11 is 12.4. The van der Waals surface area contributed by atoms with E-state index < -0.39 is 0 Å². The second-order valence-corrected chi connectivity index (χ2v) is 5.54. The molecular formula is C16H25Cl2NO2. The fourth-order valence-corrected chi connectivity index (χ4v) is 2.54. The maximum absolute atomic E-state index is 6.29. The van der Waals surface area contributed by atoms with Gasteiger partial charge in [-0.1, -0.05) is 42.3 Å². The van der Waals surface area contributed by atoms with E-state index in [1.165, 1.54) is 0 Å². The van der Waals surface area contributed by atoms with Crippen LogP contribution in [-0.4, -0.2) is 32.1 Å². The summed E-state index contributed by atoms with van der Waals surface area (Å²) < 4.78 is 11.4. The van der Waals surface area contributed by atoms with Crippen LogP contribution in [0.25, 0.3) is 0 Å². The van der Waals surface area contributed by atoms with Gasteiger partial charge in [-0.2, -0.15) is 0 Å². The molecule has 0 radical (unpaired) electrons. The number of nitrogens with one attached hydrogen (secondary N) is 1. The number of hydrogen-bond donors (Lipinski definition) is 1. The van der Waals surface area contributed by atoms with Gasteiger partial charge in [0.15, 0.2) is 6.29 Å². The molecular weight excluding hydrogens is 309 g/mol. The summed E-state index contributed by atoms with van der Waals surface area (Å²) in [7, 11) is 0. The van der Waals surface area contributed by atoms with Crippen molar-refractivity contribution in [1.82, 2.24) is 5.32 Å². The van der Waals surface area contributed by atoms with Crippen LogP contribution >= 0.6 is 23.2 Å². The fourth-order valence-electron chi connectivity index (χ4n) is 2.15. The fraction of sp³-hybridized carbons (Fsp3) is 0.625. The zero-order chi connectivity index (χ0) is 15.7. The van der Waals surface area contributed by atoms with Crippen LogP contribution in [0.2, 0.25) is 10.0 Å². The van der Waals surface area contributed by atoms with Crippen molar-refractivity contribution in [2.75, 3.05) is 19.8 Å². The number of halogens is 2. The van der Waals surface area contributed by atoms with Gasteiger partial charge in [0.05, 0.1) is 16.1 Å². The normalized spacial score (nSPS) is 12.9. The Kier molecular flexibility index (Phi) is 9.29. The Morgan fingerprint density at radius 2 is 1.76 bits per heavy atom. The molecule has 1 aromatic rings. The molecule has 5 heteroatoms. The van der Waals surface area contributed by atoms with E-state index in [1.807, 2.05) is 26.0 Å². The van der Waals surface area contributed by atoms with E-state index in [0.717, 1.165) is 18.5 Å². The quantitative estimate of drug-likeness (QED) is 0.647. The zero-order valence-electron chi connectivity index (χ0n) is 13.0. The highest BCUT2D eigenvalue weighted by molar-refractivity contribution is 6.42. The van der Waals surface area contributed by atoms with Gasteiger partial charge in [0.1, 0.15) is 0 Å². The number of hydrogen-bond acceptors (Lipinski definition) is 3. The third-order valence-electron chi connectivity index (χ3n) is 3.12. The van der Waals surface area contributed by atoms with Crippen LogP contribution in [0, 0.1) is 0 Å². The minimum Gasteiger partial charge on any atom is -0.351 e. The first-order chi connectivity index (χ1) is 10.1. The van der Waals surface area contributed by atoms with Crippen molar-refractivity contribution in [3.8, 4) is 0 Å². The number of ether oxygens (including phenoxy) is 2. The molecule has 0 aliphatic heterocycles. The van der Waals surface area contributed by atoms with Crippen LogP contribution in [0.15, 0.2) is 18.2 Å². The lowest BCUT2D eigenvalue weighted by Crippen LogP contribution is -2.45. The first-order valence-electron chi connectivity index (χ1n) is 7.53. The molecule has 0 spiro atoms. The highest BCUT2D eigenvalue weighted by Gasteiger charge is 2.23. The molecule has 1 rings (SSSR count). The summed E-state index contributed by atoms with van der Waals surface area (Å²) in [6, 6.07) is 5.74. The Morgan fingerprint density at radius 1 is 1.10 bits per heavy atom. The summed E-state index contributed by atoms with van der Waals surface area (Å²) in [4.78, 5) is 0. The van der Waals surface area contributed by atoms with Crippen LogP contribution in [-0.2, 0) is 15.9 Å². The lowest BCUT2D eigenvalue weighted by molar-refractivity contribution is -0.153. The molecule has 1 aromatic carbocycles. The van der Waals surface area contributed by atoms with Gasteiger partial charge in [-0.25, -0.2) is 0 Å². The van der Waals surface area contributed by atoms with E-state index in [-0.39, 0.29) is 12.3 Å². The Hall–Kier alpha value is -0.320. The van der Waals surface area contributed by atoms with Crippen molar-refractivity contribution in [3.05, 3.63) is 33.8 Å². The molecule has 0 heterocycles. The molecule has 0 aliphatic rings. The van der Waals surface area contributed by atoms with E-state index in [9.17, 15) is 0 Å². The molecule has 3 nitrogen and oxygen atoms in total. The summed E-state index contributed by atoms with van der Waals surface area (Å²) in [6.45, 7) is 8.19. The minimum atomic E-state index is -0.290. The standard InChI is InChI=1S/C16H25Cl2NO2/c1-4-10-19-14(16(20-5-2)21-6-3)11-12-8-7-9-13(17)15(12)18/h7-9,14,16,19H,4-6,10-11H2,1-3H3. The first kappa shape index (κ1) is 18.7. The topological polar surface area (TPSA) is 30.5 Å². The van der Waals surface area contributed by atoms with Gasteiger partial charge in [0.25, 0.3) is 0 Å². The Labute approximate surface area is 137 Å². The van der Waals surface area contributed by atoms with Gasteiger partial charge in [0.2, 0.25) is 0 Å². The van der Waals surface area contributed by atoms with E-state index in [0.29, 0.717) is 29.7 Å². The lowest BCUT2D eigenvalue weighted by atomic mass is 10.0. The summed E-state index contributed by atoms with van der Waals surface area (Å²) in [5, 5.41) is 4.66. The maximum Gasteiger partial charge on any atom is 0.172 e. The minimum absolute atomic E-state index is 0.0424. The summed E-state index contributed by atoms with van der Waals surface area (Å²) in [5.41, 5.74) is 1.00. The van der Waals surface area contributed by atoms with E-state index in [2.05, 4.69) is 12.2 Å². The van der Waals surface area contributed by atoms with Crippen molar-refractivity contribution in [1.29, 1.82) is 0 Å². The van der Waals surface area contributed by atoms with Crippen molar-refractivity contribution in [3.63, 3.8) is 0 Å². The molecule has 21 heavy (non-hydrogen) atoms. The predicted molar refractivity (Wildman–Crippen MR) is 89.3 cm³/mol. The monoisotopic (exact) mass is 333 g/mol. The molecule has 0 saturated carbocycles. The van der Waals surface area contributed by atoms with Gasteiger partial charge in [0, 0.05) is 13.2 Å². The van der Waals surface area contributed by atoms with E-state index in [1.54, 1.807) is 6.07 Å². The molecule has 1 unspecified atom stereocenters. The molecule has 1 atom stereocenters. The summed E-state index contributed by atoms with van der Waals surface area (Å²) in [5.74, 6) is 0. The highest BCUT2D eigenvalue weighted by Crippen LogP contribution is 2.27. The van der Waals surface area contributed by atoms with Crippen molar-refractivity contribution in [2.45, 2.75) is 45.9 Å². The Bertz CT molecular complexity index is 409. The average Bonchev–Trinajstić information content (AvgIpc) is 2.47. The largest absolute Gasteiger partial charge is 0.351 e. The average molecular weight is 334 g/mol. The Morgan fingerprint density at radius 3 is 2.33 bits per heavy atom. The molecule has 0 bridgehead atoms. The lowest BCUT2D eigenvalue weighted by Gasteiger charge is -2.28. The number of rotatable bonds is 10. The second-order valence-electron chi connectivity index (χ2n) is 4.76. The summed E-state index contributed by atoms with van der Waals surface area (Å²) in [6.07, 6.45) is 1.47. The van der Waals surface area contributed by atoms with Gasteiger partial charge >= 0.3 is 0 Å². The number of benzene rings is 1. The van der Waals surface area contributed by atoms with Crippen LogP contribution in [0.5, 0.6) is 0 Å². The molecule has 0 amide bonds. The highest BCUT2D eigenvalue weighted by atomic mass is 35.5. The van der Waals surface area contributed by atoms with Crippen molar-refractivity contribution >= 4 is 23.2 Å². The Balaban J connectivity index is 2.87. The second kappa shape index (κ2) is 10.4. The van der Waals surface area contributed by atoms with Crippen molar-refractivity contribution in [2.24, 2.45) is 0 Å². The van der Waals surface area contributed by atoms with Gasteiger partial charge < -0.3 is 14.8 Å². The molecule has 0 fully saturated rings. The van der Waals surface area contributed by atoms with Crippen LogP contribution in [0.1, 0.15) is 32.8 Å². The van der Waals surface area contributed by atoms with Crippen LogP contribution < -0.4 is 5.32 Å². The zero-order valence-corrected chi connectivity index (χ0v) is 14.5. The van der Waals surface area contributed by atoms with Gasteiger partial charge in [-0.15, -0.1) is 0 Å². The predicted octanol–water partition coefficient (Wildman–Crippen LogP) is 4.30. The van der Waals surface area contributed by atoms with Crippen LogP contribution in [0.4, 0.5) is 0 Å². The molecule has 120 valence electrons. The van der Waals surface area contributed by atoms with Crippen molar-refractivity contribution < 1.29 is 9.47 Å². The van der Waals surface area contributed by atoms with Gasteiger partial charge in [-0.05, 0) is 44.9 Å². The van der Waals surface area contributed by atoms with E-state index in [4.69, 9.17) is 32.7 Å². The van der Waals surface area contributed by atoms with E-state index >= 15 is 0 Å². The molecule has 1 N–H and O–H groups in total. The van der Waals surface area contributed by atoms with Gasteiger partial charge in [-0.3, -0.25) is 0 Å². The SMILES string of the molecule is CCCNC(Cc1cccc(Cl)c1Cl)C(OCC)OCC. The third kappa shape index (κ3) is 6.13.